The molecule has 1 amide bonds. The van der Waals surface area contributed by atoms with Gasteiger partial charge in [-0.1, -0.05) is 12.1 Å². The lowest BCUT2D eigenvalue weighted by Crippen LogP contribution is -2.43. The van der Waals surface area contributed by atoms with Crippen molar-refractivity contribution in [2.75, 3.05) is 25.4 Å². The summed E-state index contributed by atoms with van der Waals surface area (Å²) < 4.78 is 27.1. The van der Waals surface area contributed by atoms with Crippen molar-refractivity contribution in [1.29, 1.82) is 5.26 Å². The lowest BCUT2D eigenvalue weighted by Gasteiger charge is -2.30. The maximum atomic E-state index is 12.9. The van der Waals surface area contributed by atoms with Crippen LogP contribution in [0.1, 0.15) is 24.0 Å². The number of sulfonamides is 1. The summed E-state index contributed by atoms with van der Waals surface area (Å²) in [4.78, 5) is 12.4. The van der Waals surface area contributed by atoms with E-state index < -0.39 is 10.0 Å². The van der Waals surface area contributed by atoms with Gasteiger partial charge in [0.05, 0.1) is 10.5 Å². The van der Waals surface area contributed by atoms with E-state index in [4.69, 9.17) is 0 Å². The number of carbonyl (C=O) groups excluding carboxylic acids is 1. The molecular weight excluding hydrogens is 426 g/mol. The van der Waals surface area contributed by atoms with Crippen molar-refractivity contribution >= 4 is 39.0 Å². The highest BCUT2D eigenvalue weighted by Crippen LogP contribution is 2.25. The van der Waals surface area contributed by atoms with Crippen LogP contribution in [0.3, 0.4) is 0 Å². The van der Waals surface area contributed by atoms with Crippen molar-refractivity contribution < 1.29 is 13.2 Å². The van der Waals surface area contributed by atoms with Crippen molar-refractivity contribution in [2.45, 2.75) is 23.5 Å². The zero-order valence-electron chi connectivity index (χ0n) is 15.9. The van der Waals surface area contributed by atoms with Gasteiger partial charge in [-0.3, -0.25) is 4.79 Å². The number of nitrogens with zero attached hydrogens (tertiary/aromatic N) is 2. The number of carbonyl (C=O) groups is 1. The number of nitriles is 1. The minimum absolute atomic E-state index is 0.00407. The standard InChI is InChI=1S/C20H23N3O3S3/c21-13-18-3-1-2-4-19(18)29(25,26)23-9-5-17(6-10-23)20(24)22-8-12-28-15-16-7-11-27-14-16/h1-4,7,11,14,17H,5-6,8-10,12,15H2,(H,22,24). The molecule has 0 atom stereocenters. The molecule has 1 aromatic heterocycles. The number of rotatable bonds is 8. The van der Waals surface area contributed by atoms with Gasteiger partial charge in [0.1, 0.15) is 6.07 Å². The van der Waals surface area contributed by atoms with Crippen molar-refractivity contribution in [3.8, 4) is 6.07 Å². The Labute approximate surface area is 180 Å². The second-order valence-corrected chi connectivity index (χ2v) is 10.6. The Morgan fingerprint density at radius 1 is 1.28 bits per heavy atom. The average molecular weight is 450 g/mol. The van der Waals surface area contributed by atoms with Crippen LogP contribution in [0.2, 0.25) is 0 Å². The van der Waals surface area contributed by atoms with E-state index in [1.807, 2.05) is 6.07 Å². The Balaban J connectivity index is 1.44. The van der Waals surface area contributed by atoms with Crippen LogP contribution in [0, 0.1) is 17.2 Å². The van der Waals surface area contributed by atoms with E-state index in [-0.39, 0.29) is 35.4 Å². The van der Waals surface area contributed by atoms with Crippen LogP contribution in [-0.2, 0) is 20.6 Å². The number of thiophene rings is 1. The summed E-state index contributed by atoms with van der Waals surface area (Å²) in [6.07, 6.45) is 0.976. The van der Waals surface area contributed by atoms with Gasteiger partial charge < -0.3 is 5.32 Å². The Hall–Kier alpha value is -1.86. The molecule has 1 saturated heterocycles. The Kier molecular flexibility index (Phi) is 7.72. The summed E-state index contributed by atoms with van der Waals surface area (Å²) in [6, 6.07) is 10.3. The van der Waals surface area contributed by atoms with Crippen LogP contribution in [0.25, 0.3) is 0 Å². The number of hydrogen-bond donors (Lipinski definition) is 1. The average Bonchev–Trinajstić information content (AvgIpc) is 3.27. The molecule has 0 radical (unpaired) electrons. The van der Waals surface area contributed by atoms with E-state index >= 15 is 0 Å². The molecule has 1 aliphatic heterocycles. The molecule has 2 heterocycles. The number of amides is 1. The van der Waals surface area contributed by atoms with E-state index in [1.165, 1.54) is 22.0 Å². The topological polar surface area (TPSA) is 90.3 Å². The highest BCUT2D eigenvalue weighted by atomic mass is 32.2. The minimum Gasteiger partial charge on any atom is -0.355 e. The predicted molar refractivity (Wildman–Crippen MR) is 116 cm³/mol. The molecule has 1 N–H and O–H groups in total. The molecule has 0 saturated carbocycles. The second kappa shape index (κ2) is 10.3. The van der Waals surface area contributed by atoms with Gasteiger partial charge in [-0.2, -0.15) is 32.7 Å². The van der Waals surface area contributed by atoms with Gasteiger partial charge in [-0.05, 0) is 47.4 Å². The lowest BCUT2D eigenvalue weighted by atomic mass is 9.97. The first-order valence-corrected chi connectivity index (χ1v) is 12.9. The Bertz CT molecular complexity index is 960. The normalized spacial score (nSPS) is 15.7. The van der Waals surface area contributed by atoms with E-state index in [0.29, 0.717) is 19.4 Å². The van der Waals surface area contributed by atoms with Crippen LogP contribution in [0.15, 0.2) is 46.0 Å². The maximum Gasteiger partial charge on any atom is 0.244 e. The summed E-state index contributed by atoms with van der Waals surface area (Å²) in [7, 11) is -3.72. The molecule has 29 heavy (non-hydrogen) atoms. The Morgan fingerprint density at radius 3 is 2.72 bits per heavy atom. The fraction of sp³-hybridized carbons (Fsp3) is 0.400. The molecule has 0 aliphatic carbocycles. The van der Waals surface area contributed by atoms with E-state index in [0.717, 1.165) is 11.5 Å². The number of hydrogen-bond acceptors (Lipinski definition) is 6. The smallest absolute Gasteiger partial charge is 0.244 e. The highest BCUT2D eigenvalue weighted by molar-refractivity contribution is 7.98. The molecule has 154 valence electrons. The molecule has 0 unspecified atom stereocenters. The zero-order chi connectivity index (χ0) is 20.7. The summed E-state index contributed by atoms with van der Waals surface area (Å²) in [5.74, 6) is 1.62. The molecule has 0 bridgehead atoms. The third kappa shape index (κ3) is 5.60. The first-order valence-electron chi connectivity index (χ1n) is 9.38. The number of thioether (sulfide) groups is 1. The quantitative estimate of drug-likeness (QED) is 0.626. The van der Waals surface area contributed by atoms with Gasteiger partial charge in [0.2, 0.25) is 15.9 Å². The number of nitrogens with one attached hydrogen (secondary N) is 1. The van der Waals surface area contributed by atoms with Crippen LogP contribution < -0.4 is 5.32 Å². The van der Waals surface area contributed by atoms with Gasteiger partial charge >= 0.3 is 0 Å². The molecule has 3 rings (SSSR count). The first-order chi connectivity index (χ1) is 14.0. The van der Waals surface area contributed by atoms with Crippen LogP contribution >= 0.6 is 23.1 Å². The van der Waals surface area contributed by atoms with E-state index in [2.05, 4.69) is 22.1 Å². The molecule has 6 nitrogen and oxygen atoms in total. The summed E-state index contributed by atoms with van der Waals surface area (Å²) in [5, 5.41) is 16.3. The van der Waals surface area contributed by atoms with Gasteiger partial charge in [-0.15, -0.1) is 0 Å². The largest absolute Gasteiger partial charge is 0.355 e. The second-order valence-electron chi connectivity index (χ2n) is 6.76. The van der Waals surface area contributed by atoms with Gasteiger partial charge in [-0.25, -0.2) is 8.42 Å². The number of piperidine rings is 1. The van der Waals surface area contributed by atoms with E-state index in [9.17, 15) is 18.5 Å². The fourth-order valence-electron chi connectivity index (χ4n) is 3.24. The zero-order valence-corrected chi connectivity index (χ0v) is 18.4. The van der Waals surface area contributed by atoms with Crippen molar-refractivity contribution in [3.63, 3.8) is 0 Å². The third-order valence-corrected chi connectivity index (χ3v) is 8.56. The maximum absolute atomic E-state index is 12.9. The monoisotopic (exact) mass is 449 g/mol. The minimum atomic E-state index is -3.72. The van der Waals surface area contributed by atoms with Crippen LogP contribution in [0.5, 0.6) is 0 Å². The van der Waals surface area contributed by atoms with Crippen molar-refractivity contribution in [1.82, 2.24) is 9.62 Å². The van der Waals surface area contributed by atoms with Crippen molar-refractivity contribution in [3.05, 3.63) is 52.2 Å². The molecule has 0 spiro atoms. The van der Waals surface area contributed by atoms with Crippen molar-refractivity contribution in [2.24, 2.45) is 5.92 Å². The summed E-state index contributed by atoms with van der Waals surface area (Å²) >= 11 is 3.47. The first kappa shape index (κ1) is 21.8. The Morgan fingerprint density at radius 2 is 2.03 bits per heavy atom. The predicted octanol–water partition coefficient (Wildman–Crippen LogP) is 3.07. The van der Waals surface area contributed by atoms with E-state index in [1.54, 1.807) is 35.2 Å². The molecule has 1 aromatic carbocycles. The molecule has 1 fully saturated rings. The van der Waals surface area contributed by atoms with Crippen LogP contribution in [-0.4, -0.2) is 44.0 Å². The molecule has 1 aliphatic rings. The molecule has 9 heteroatoms. The SMILES string of the molecule is N#Cc1ccccc1S(=O)(=O)N1CCC(C(=O)NCCSCc2ccsc2)CC1. The lowest BCUT2D eigenvalue weighted by molar-refractivity contribution is -0.125. The van der Waals surface area contributed by atoms with Gasteiger partial charge in [0.25, 0.3) is 0 Å². The number of benzene rings is 1. The third-order valence-electron chi connectivity index (χ3n) is 4.84. The van der Waals surface area contributed by atoms with Gasteiger partial charge in [0, 0.05) is 37.1 Å². The summed E-state index contributed by atoms with van der Waals surface area (Å²) in [6.45, 7) is 1.18. The highest BCUT2D eigenvalue weighted by Gasteiger charge is 2.33. The van der Waals surface area contributed by atoms with Gasteiger partial charge in [0.15, 0.2) is 0 Å². The fourth-order valence-corrected chi connectivity index (χ4v) is 6.43. The summed E-state index contributed by atoms with van der Waals surface area (Å²) in [5.41, 5.74) is 1.45. The van der Waals surface area contributed by atoms with Crippen LogP contribution in [0.4, 0.5) is 0 Å². The molecular formula is C20H23N3O3S3. The molecule has 2 aromatic rings.